The van der Waals surface area contributed by atoms with E-state index in [0.29, 0.717) is 0 Å². The second kappa shape index (κ2) is 7.10. The number of rotatable bonds is 3. The first-order valence-electron chi connectivity index (χ1n) is 6.87. The lowest BCUT2D eigenvalue weighted by atomic mass is 10.1. The number of hydrogen-bond acceptors (Lipinski definition) is 4. The van der Waals surface area contributed by atoms with Crippen LogP contribution < -0.4 is 5.32 Å². The molecule has 0 radical (unpaired) electrons. The molecule has 0 bridgehead atoms. The van der Waals surface area contributed by atoms with Gasteiger partial charge in [-0.25, -0.2) is 9.78 Å². The normalized spacial score (nSPS) is 11.1. The van der Waals surface area contributed by atoms with Gasteiger partial charge in [0.25, 0.3) is 5.91 Å². The summed E-state index contributed by atoms with van der Waals surface area (Å²) in [6.07, 6.45) is -4.59. The van der Waals surface area contributed by atoms with Gasteiger partial charge >= 0.3 is 12.1 Å². The fourth-order valence-electron chi connectivity index (χ4n) is 2.03. The zero-order chi connectivity index (χ0) is 18.8. The summed E-state index contributed by atoms with van der Waals surface area (Å²) in [6.45, 7) is 1.30. The second-order valence-corrected chi connectivity index (χ2v) is 5.37. The minimum absolute atomic E-state index is 0.0254. The van der Waals surface area contributed by atoms with Crippen LogP contribution in [0.4, 0.5) is 18.9 Å². The molecule has 132 valence electrons. The van der Waals surface area contributed by atoms with Crippen molar-refractivity contribution in [1.29, 1.82) is 0 Å². The second-order valence-electron chi connectivity index (χ2n) is 4.97. The van der Waals surface area contributed by atoms with Crippen molar-refractivity contribution in [2.45, 2.75) is 13.1 Å². The fourth-order valence-corrected chi connectivity index (χ4v) is 2.22. The minimum atomic E-state index is -4.59. The Balaban J connectivity index is 2.27. The van der Waals surface area contributed by atoms with E-state index in [-0.39, 0.29) is 27.5 Å². The molecular formula is C16H12ClF3N2O3. The van der Waals surface area contributed by atoms with E-state index in [1.807, 2.05) is 0 Å². The van der Waals surface area contributed by atoms with Gasteiger partial charge in [-0.3, -0.25) is 4.79 Å². The summed E-state index contributed by atoms with van der Waals surface area (Å²) in [4.78, 5) is 27.2. The minimum Gasteiger partial charge on any atom is -0.465 e. The SMILES string of the molecule is COC(=O)c1cc(NC(=O)c2ccc(C(F)(F)F)nc2C)ccc1Cl. The lowest BCUT2D eigenvalue weighted by Gasteiger charge is -2.11. The quantitative estimate of drug-likeness (QED) is 0.823. The molecule has 0 unspecified atom stereocenters. The summed E-state index contributed by atoms with van der Waals surface area (Å²) in [6, 6.07) is 5.90. The largest absolute Gasteiger partial charge is 0.465 e. The van der Waals surface area contributed by atoms with Crippen LogP contribution in [0.1, 0.15) is 32.1 Å². The number of halogens is 4. The number of nitrogens with one attached hydrogen (secondary N) is 1. The summed E-state index contributed by atoms with van der Waals surface area (Å²) in [5.41, 5.74) is -0.906. The standard InChI is InChI=1S/C16H12ClF3N2O3/c1-8-10(4-6-13(21-8)16(18,19)20)14(23)22-9-3-5-12(17)11(7-9)15(24)25-2/h3-7H,1-2H3,(H,22,23). The van der Waals surface area contributed by atoms with Crippen LogP contribution in [0.2, 0.25) is 5.02 Å². The van der Waals surface area contributed by atoms with Crippen molar-refractivity contribution in [1.82, 2.24) is 4.98 Å². The van der Waals surface area contributed by atoms with Gasteiger partial charge < -0.3 is 10.1 Å². The number of esters is 1. The maximum atomic E-state index is 12.6. The average Bonchev–Trinajstić information content (AvgIpc) is 2.54. The van der Waals surface area contributed by atoms with E-state index < -0.39 is 23.7 Å². The highest BCUT2D eigenvalue weighted by molar-refractivity contribution is 6.33. The highest BCUT2D eigenvalue weighted by atomic mass is 35.5. The third-order valence-electron chi connectivity index (χ3n) is 3.25. The molecule has 1 amide bonds. The molecule has 0 saturated heterocycles. The van der Waals surface area contributed by atoms with Crippen molar-refractivity contribution in [2.24, 2.45) is 0 Å². The van der Waals surface area contributed by atoms with Gasteiger partial charge in [0.05, 0.1) is 29.0 Å². The lowest BCUT2D eigenvalue weighted by molar-refractivity contribution is -0.141. The first kappa shape index (κ1) is 18.7. The highest BCUT2D eigenvalue weighted by Gasteiger charge is 2.33. The Labute approximate surface area is 145 Å². The van der Waals surface area contributed by atoms with E-state index in [0.717, 1.165) is 12.1 Å². The Kier molecular flexibility index (Phi) is 5.32. The van der Waals surface area contributed by atoms with Crippen molar-refractivity contribution in [3.05, 3.63) is 57.9 Å². The van der Waals surface area contributed by atoms with Crippen molar-refractivity contribution in [3.63, 3.8) is 0 Å². The Hall–Kier alpha value is -2.61. The molecular weight excluding hydrogens is 361 g/mol. The van der Waals surface area contributed by atoms with Crippen molar-refractivity contribution >= 4 is 29.2 Å². The predicted octanol–water partition coefficient (Wildman–Crippen LogP) is 4.10. The monoisotopic (exact) mass is 372 g/mol. The predicted molar refractivity (Wildman–Crippen MR) is 84.7 cm³/mol. The van der Waals surface area contributed by atoms with Gasteiger partial charge in [0, 0.05) is 5.69 Å². The number of methoxy groups -OCH3 is 1. The number of amides is 1. The van der Waals surface area contributed by atoms with Gasteiger partial charge in [-0.15, -0.1) is 0 Å². The topological polar surface area (TPSA) is 68.3 Å². The number of carbonyl (C=O) groups is 2. The summed E-state index contributed by atoms with van der Waals surface area (Å²) < 4.78 is 42.4. The lowest BCUT2D eigenvalue weighted by Crippen LogP contribution is -2.17. The van der Waals surface area contributed by atoms with E-state index in [9.17, 15) is 22.8 Å². The van der Waals surface area contributed by atoms with Crippen LogP contribution in [-0.2, 0) is 10.9 Å². The molecule has 0 aliphatic heterocycles. The van der Waals surface area contributed by atoms with Gasteiger partial charge in [-0.2, -0.15) is 13.2 Å². The molecule has 9 heteroatoms. The van der Waals surface area contributed by atoms with Gasteiger partial charge in [0.2, 0.25) is 0 Å². The Morgan fingerprint density at radius 1 is 1.16 bits per heavy atom. The molecule has 0 atom stereocenters. The number of hydrogen-bond donors (Lipinski definition) is 1. The van der Waals surface area contributed by atoms with Crippen LogP contribution in [0.5, 0.6) is 0 Å². The van der Waals surface area contributed by atoms with Crippen molar-refractivity contribution in [2.75, 3.05) is 12.4 Å². The molecule has 0 saturated carbocycles. The van der Waals surface area contributed by atoms with Crippen LogP contribution in [0.15, 0.2) is 30.3 Å². The summed E-state index contributed by atoms with van der Waals surface area (Å²) >= 11 is 5.88. The third kappa shape index (κ3) is 4.27. The van der Waals surface area contributed by atoms with Crippen LogP contribution in [0.25, 0.3) is 0 Å². The highest BCUT2D eigenvalue weighted by Crippen LogP contribution is 2.28. The zero-order valence-corrected chi connectivity index (χ0v) is 13.8. The zero-order valence-electron chi connectivity index (χ0n) is 13.1. The number of carbonyl (C=O) groups excluding carboxylic acids is 2. The molecule has 0 spiro atoms. The average molecular weight is 373 g/mol. The smallest absolute Gasteiger partial charge is 0.433 e. The van der Waals surface area contributed by atoms with E-state index in [1.165, 1.54) is 32.2 Å². The Morgan fingerprint density at radius 3 is 2.40 bits per heavy atom. The maximum Gasteiger partial charge on any atom is 0.433 e. The van der Waals surface area contributed by atoms with Gasteiger partial charge in [-0.05, 0) is 37.3 Å². The van der Waals surface area contributed by atoms with E-state index in [1.54, 1.807) is 0 Å². The number of aromatic nitrogens is 1. The van der Waals surface area contributed by atoms with Crippen molar-refractivity contribution < 1.29 is 27.5 Å². The summed E-state index contributed by atoms with van der Waals surface area (Å²) in [7, 11) is 1.18. The first-order chi connectivity index (χ1) is 11.6. The number of alkyl halides is 3. The number of anilines is 1. The van der Waals surface area contributed by atoms with Crippen LogP contribution in [0, 0.1) is 6.92 Å². The molecule has 1 aromatic heterocycles. The third-order valence-corrected chi connectivity index (χ3v) is 3.58. The maximum absolute atomic E-state index is 12.6. The Morgan fingerprint density at radius 2 is 1.84 bits per heavy atom. The molecule has 25 heavy (non-hydrogen) atoms. The molecule has 5 nitrogen and oxygen atoms in total. The molecule has 1 N–H and O–H groups in total. The van der Waals surface area contributed by atoms with Crippen molar-refractivity contribution in [3.8, 4) is 0 Å². The number of ether oxygens (including phenoxy) is 1. The first-order valence-corrected chi connectivity index (χ1v) is 7.25. The molecule has 2 rings (SSSR count). The fraction of sp³-hybridized carbons (Fsp3) is 0.188. The van der Waals surface area contributed by atoms with Gasteiger partial charge in [0.15, 0.2) is 0 Å². The molecule has 1 heterocycles. The molecule has 2 aromatic rings. The summed E-state index contributed by atoms with van der Waals surface area (Å²) in [5.74, 6) is -1.36. The number of benzene rings is 1. The molecule has 0 aliphatic carbocycles. The van der Waals surface area contributed by atoms with Crippen LogP contribution in [-0.4, -0.2) is 24.0 Å². The molecule has 1 aromatic carbocycles. The Bertz CT molecular complexity index is 838. The number of pyridine rings is 1. The molecule has 0 aliphatic rings. The number of aryl methyl sites for hydroxylation is 1. The van der Waals surface area contributed by atoms with E-state index in [2.05, 4.69) is 15.0 Å². The summed E-state index contributed by atoms with van der Waals surface area (Å²) in [5, 5.41) is 2.61. The van der Waals surface area contributed by atoms with Gasteiger partial charge in [0.1, 0.15) is 5.69 Å². The van der Waals surface area contributed by atoms with Crippen LogP contribution in [0.3, 0.4) is 0 Å². The van der Waals surface area contributed by atoms with Crippen LogP contribution >= 0.6 is 11.6 Å². The molecule has 0 fully saturated rings. The van der Waals surface area contributed by atoms with Gasteiger partial charge in [-0.1, -0.05) is 11.6 Å². The van der Waals surface area contributed by atoms with E-state index >= 15 is 0 Å². The number of nitrogens with zero attached hydrogens (tertiary/aromatic N) is 1. The van der Waals surface area contributed by atoms with E-state index in [4.69, 9.17) is 11.6 Å².